The summed E-state index contributed by atoms with van der Waals surface area (Å²) in [6.07, 6.45) is 2.27. The van der Waals surface area contributed by atoms with Crippen molar-refractivity contribution in [3.05, 3.63) is 35.4 Å². The summed E-state index contributed by atoms with van der Waals surface area (Å²) in [6.45, 7) is 4.43. The van der Waals surface area contributed by atoms with E-state index in [1.54, 1.807) is 0 Å². The Hall–Kier alpha value is -1.31. The second-order valence-corrected chi connectivity index (χ2v) is 3.43. The Balaban J connectivity index is 2.53. The average Bonchev–Trinajstić information content (AvgIpc) is 2.27. The summed E-state index contributed by atoms with van der Waals surface area (Å²) in [5, 5.41) is 0. The van der Waals surface area contributed by atoms with Crippen molar-refractivity contribution in [2.24, 2.45) is 0 Å². The minimum absolute atomic E-state index is 0.108. The molecule has 0 bridgehead atoms. The molecule has 0 aliphatic heterocycles. The van der Waals surface area contributed by atoms with Crippen LogP contribution in [-0.2, 0) is 22.4 Å². The maximum atomic E-state index is 11.2. The Labute approximate surface area is 91.3 Å². The van der Waals surface area contributed by atoms with Crippen molar-refractivity contribution in [2.75, 3.05) is 6.61 Å². The van der Waals surface area contributed by atoms with Crippen LogP contribution in [0.3, 0.4) is 0 Å². The smallest absolute Gasteiger partial charge is 0.306 e. The maximum absolute atomic E-state index is 11.2. The molecule has 2 heteroatoms. The van der Waals surface area contributed by atoms with Gasteiger partial charge >= 0.3 is 5.97 Å². The number of carbonyl (C=O) groups excluding carboxylic acids is 1. The highest BCUT2D eigenvalue weighted by Gasteiger charge is 2.04. The Morgan fingerprint density at radius 1 is 1.20 bits per heavy atom. The molecule has 0 fully saturated rings. The minimum atomic E-state index is -0.108. The lowest BCUT2D eigenvalue weighted by Crippen LogP contribution is -2.06. The van der Waals surface area contributed by atoms with Gasteiger partial charge in [0, 0.05) is 6.42 Å². The molecule has 0 saturated heterocycles. The Morgan fingerprint density at radius 2 is 1.87 bits per heavy atom. The molecule has 0 radical (unpaired) electrons. The number of hydrogen-bond donors (Lipinski definition) is 0. The van der Waals surface area contributed by atoms with Crippen LogP contribution in [0, 0.1) is 0 Å². The average molecular weight is 206 g/mol. The van der Waals surface area contributed by atoms with Crippen molar-refractivity contribution < 1.29 is 9.53 Å². The predicted octanol–water partition coefficient (Wildman–Crippen LogP) is 2.74. The van der Waals surface area contributed by atoms with Crippen molar-refractivity contribution >= 4 is 5.97 Å². The lowest BCUT2D eigenvalue weighted by molar-refractivity contribution is -0.143. The number of aryl methyl sites for hydroxylation is 2. The number of rotatable bonds is 5. The first-order valence-corrected chi connectivity index (χ1v) is 5.50. The van der Waals surface area contributed by atoms with Crippen LogP contribution in [0.15, 0.2) is 24.3 Å². The molecule has 1 aromatic rings. The molecule has 0 unspecified atom stereocenters. The zero-order valence-electron chi connectivity index (χ0n) is 9.45. The molecule has 0 aliphatic carbocycles. The van der Waals surface area contributed by atoms with Gasteiger partial charge in [0.1, 0.15) is 0 Å². The van der Waals surface area contributed by atoms with Gasteiger partial charge in [-0.15, -0.1) is 0 Å². The van der Waals surface area contributed by atoms with Gasteiger partial charge in [-0.25, -0.2) is 0 Å². The summed E-state index contributed by atoms with van der Waals surface area (Å²) >= 11 is 0. The molecule has 0 aliphatic rings. The highest BCUT2D eigenvalue weighted by Crippen LogP contribution is 2.11. The minimum Gasteiger partial charge on any atom is -0.466 e. The van der Waals surface area contributed by atoms with Crippen molar-refractivity contribution in [3.63, 3.8) is 0 Å². The predicted molar refractivity (Wildman–Crippen MR) is 60.8 cm³/mol. The number of esters is 1. The maximum Gasteiger partial charge on any atom is 0.306 e. The van der Waals surface area contributed by atoms with Crippen LogP contribution in [0.1, 0.15) is 31.4 Å². The monoisotopic (exact) mass is 206 g/mol. The first-order chi connectivity index (χ1) is 7.27. The van der Waals surface area contributed by atoms with E-state index < -0.39 is 0 Å². The van der Waals surface area contributed by atoms with E-state index in [0.717, 1.165) is 12.8 Å². The number of benzene rings is 1. The van der Waals surface area contributed by atoms with Crippen LogP contribution in [0.2, 0.25) is 0 Å². The molecule has 0 amide bonds. The SMILES string of the molecule is CCOC(=O)CCc1ccccc1CC. The van der Waals surface area contributed by atoms with Gasteiger partial charge in [0.05, 0.1) is 6.61 Å². The highest BCUT2D eigenvalue weighted by atomic mass is 16.5. The molecular formula is C13H18O2. The Kier molecular flexibility index (Phi) is 4.88. The molecule has 0 N–H and O–H groups in total. The van der Waals surface area contributed by atoms with Gasteiger partial charge < -0.3 is 4.74 Å². The van der Waals surface area contributed by atoms with Crippen molar-refractivity contribution in [2.45, 2.75) is 33.1 Å². The van der Waals surface area contributed by atoms with Crippen LogP contribution in [0.4, 0.5) is 0 Å². The summed E-state index contributed by atoms with van der Waals surface area (Å²) < 4.78 is 4.90. The van der Waals surface area contributed by atoms with E-state index in [2.05, 4.69) is 19.1 Å². The van der Waals surface area contributed by atoms with Crippen molar-refractivity contribution in [1.82, 2.24) is 0 Å². The van der Waals surface area contributed by atoms with Crippen LogP contribution in [0.25, 0.3) is 0 Å². The fourth-order valence-electron chi connectivity index (χ4n) is 1.62. The van der Waals surface area contributed by atoms with Gasteiger partial charge in [-0.1, -0.05) is 31.2 Å². The van der Waals surface area contributed by atoms with Crippen LogP contribution >= 0.6 is 0 Å². The molecule has 1 aromatic carbocycles. The van der Waals surface area contributed by atoms with Gasteiger partial charge in [0.25, 0.3) is 0 Å². The third-order valence-electron chi connectivity index (χ3n) is 2.40. The summed E-state index contributed by atoms with van der Waals surface area (Å²) in [4.78, 5) is 11.2. The Bertz CT molecular complexity index is 318. The number of ether oxygens (including phenoxy) is 1. The molecule has 1 rings (SSSR count). The van der Waals surface area contributed by atoms with E-state index in [1.807, 2.05) is 19.1 Å². The molecule has 82 valence electrons. The van der Waals surface area contributed by atoms with Crippen LogP contribution in [0.5, 0.6) is 0 Å². The molecule has 0 aromatic heterocycles. The van der Waals surface area contributed by atoms with Gasteiger partial charge in [-0.2, -0.15) is 0 Å². The fourth-order valence-corrected chi connectivity index (χ4v) is 1.62. The first-order valence-electron chi connectivity index (χ1n) is 5.50. The normalized spacial score (nSPS) is 10.0. The van der Waals surface area contributed by atoms with E-state index >= 15 is 0 Å². The van der Waals surface area contributed by atoms with Gasteiger partial charge in [0.2, 0.25) is 0 Å². The molecule has 0 heterocycles. The molecule has 0 saturated carbocycles. The summed E-state index contributed by atoms with van der Waals surface area (Å²) in [5.74, 6) is -0.108. The second kappa shape index (κ2) is 6.23. The zero-order valence-corrected chi connectivity index (χ0v) is 9.45. The van der Waals surface area contributed by atoms with Crippen molar-refractivity contribution in [3.8, 4) is 0 Å². The van der Waals surface area contributed by atoms with E-state index in [1.165, 1.54) is 11.1 Å². The quantitative estimate of drug-likeness (QED) is 0.692. The number of carbonyl (C=O) groups is 1. The number of hydrogen-bond acceptors (Lipinski definition) is 2. The van der Waals surface area contributed by atoms with Crippen LogP contribution in [-0.4, -0.2) is 12.6 Å². The fraction of sp³-hybridized carbons (Fsp3) is 0.462. The molecular weight excluding hydrogens is 188 g/mol. The van der Waals surface area contributed by atoms with E-state index in [4.69, 9.17) is 4.74 Å². The van der Waals surface area contributed by atoms with Gasteiger partial charge in [-0.3, -0.25) is 4.79 Å². The standard InChI is InChI=1S/C13H18O2/c1-3-11-7-5-6-8-12(11)9-10-13(14)15-4-2/h5-8H,3-4,9-10H2,1-2H3. The lowest BCUT2D eigenvalue weighted by atomic mass is 10.0. The third-order valence-corrected chi connectivity index (χ3v) is 2.40. The largest absolute Gasteiger partial charge is 0.466 e. The highest BCUT2D eigenvalue weighted by molar-refractivity contribution is 5.69. The summed E-state index contributed by atoms with van der Waals surface area (Å²) in [6, 6.07) is 8.24. The van der Waals surface area contributed by atoms with Crippen LogP contribution < -0.4 is 0 Å². The van der Waals surface area contributed by atoms with E-state index in [9.17, 15) is 4.79 Å². The van der Waals surface area contributed by atoms with E-state index in [-0.39, 0.29) is 5.97 Å². The Morgan fingerprint density at radius 3 is 2.47 bits per heavy atom. The zero-order chi connectivity index (χ0) is 11.1. The van der Waals surface area contributed by atoms with Gasteiger partial charge in [0.15, 0.2) is 0 Å². The molecule has 2 nitrogen and oxygen atoms in total. The summed E-state index contributed by atoms with van der Waals surface area (Å²) in [5.41, 5.74) is 2.58. The first kappa shape index (κ1) is 11.8. The second-order valence-electron chi connectivity index (χ2n) is 3.43. The van der Waals surface area contributed by atoms with Crippen molar-refractivity contribution in [1.29, 1.82) is 0 Å². The topological polar surface area (TPSA) is 26.3 Å². The molecule has 0 atom stereocenters. The summed E-state index contributed by atoms with van der Waals surface area (Å²) in [7, 11) is 0. The molecule has 15 heavy (non-hydrogen) atoms. The lowest BCUT2D eigenvalue weighted by Gasteiger charge is -2.06. The van der Waals surface area contributed by atoms with Gasteiger partial charge in [-0.05, 0) is 30.9 Å². The molecule has 0 spiro atoms. The van der Waals surface area contributed by atoms with E-state index in [0.29, 0.717) is 13.0 Å². The third kappa shape index (κ3) is 3.74.